The molecule has 1 fully saturated rings. The first-order chi connectivity index (χ1) is 7.86. The van der Waals surface area contributed by atoms with E-state index in [2.05, 4.69) is 5.32 Å². The monoisotopic (exact) mass is 231 g/mol. The molecule has 1 aliphatic carbocycles. The van der Waals surface area contributed by atoms with Crippen molar-refractivity contribution < 1.29 is 14.2 Å². The third kappa shape index (κ3) is 5.80. The molecule has 0 saturated heterocycles. The van der Waals surface area contributed by atoms with Crippen LogP contribution < -0.4 is 5.32 Å². The summed E-state index contributed by atoms with van der Waals surface area (Å²) in [6, 6.07) is 0. The van der Waals surface area contributed by atoms with Gasteiger partial charge in [0.2, 0.25) is 0 Å². The van der Waals surface area contributed by atoms with Crippen LogP contribution in [0, 0.1) is 5.92 Å². The first-order valence-electron chi connectivity index (χ1n) is 6.19. The van der Waals surface area contributed by atoms with E-state index < -0.39 is 0 Å². The van der Waals surface area contributed by atoms with E-state index in [9.17, 15) is 0 Å². The van der Waals surface area contributed by atoms with Gasteiger partial charge in [-0.25, -0.2) is 0 Å². The highest BCUT2D eigenvalue weighted by Gasteiger charge is 2.28. The Labute approximate surface area is 98.6 Å². The van der Waals surface area contributed by atoms with Gasteiger partial charge in [0, 0.05) is 20.3 Å². The number of ether oxygens (including phenoxy) is 3. The van der Waals surface area contributed by atoms with Crippen LogP contribution in [0.25, 0.3) is 0 Å². The molecule has 1 aliphatic rings. The van der Waals surface area contributed by atoms with Gasteiger partial charge >= 0.3 is 0 Å². The van der Waals surface area contributed by atoms with E-state index in [1.807, 2.05) is 7.05 Å². The molecule has 0 aromatic rings. The standard InChI is InChI=1S/C12H25NO3/c1-13-10-11-8-12(9-11)16-5-3-4-15-7-6-14-2/h11-13H,3-10H2,1-2H3. The van der Waals surface area contributed by atoms with Gasteiger partial charge < -0.3 is 19.5 Å². The zero-order chi connectivity index (χ0) is 11.6. The highest BCUT2D eigenvalue weighted by molar-refractivity contribution is 4.81. The normalized spacial score (nSPS) is 24.4. The maximum absolute atomic E-state index is 5.72. The molecular weight excluding hydrogens is 206 g/mol. The molecule has 1 saturated carbocycles. The lowest BCUT2D eigenvalue weighted by Gasteiger charge is -2.35. The molecule has 0 bridgehead atoms. The van der Waals surface area contributed by atoms with Crippen LogP contribution >= 0.6 is 0 Å². The highest BCUT2D eigenvalue weighted by atomic mass is 16.5. The van der Waals surface area contributed by atoms with E-state index in [0.717, 1.165) is 32.1 Å². The quantitative estimate of drug-likeness (QED) is 0.571. The van der Waals surface area contributed by atoms with E-state index in [0.29, 0.717) is 19.3 Å². The van der Waals surface area contributed by atoms with Crippen LogP contribution in [-0.2, 0) is 14.2 Å². The molecule has 96 valence electrons. The van der Waals surface area contributed by atoms with Gasteiger partial charge in [0.05, 0.1) is 19.3 Å². The molecule has 16 heavy (non-hydrogen) atoms. The fourth-order valence-corrected chi connectivity index (χ4v) is 1.92. The molecule has 0 amide bonds. The van der Waals surface area contributed by atoms with Crippen molar-refractivity contribution in [1.82, 2.24) is 5.32 Å². The minimum Gasteiger partial charge on any atom is -0.382 e. The molecule has 0 spiro atoms. The molecular formula is C12H25NO3. The molecule has 0 atom stereocenters. The lowest BCUT2D eigenvalue weighted by atomic mass is 9.82. The van der Waals surface area contributed by atoms with Gasteiger partial charge in [0.25, 0.3) is 0 Å². The Morgan fingerprint density at radius 1 is 1.12 bits per heavy atom. The molecule has 0 radical (unpaired) electrons. The second kappa shape index (κ2) is 8.93. The van der Waals surface area contributed by atoms with E-state index in [1.54, 1.807) is 7.11 Å². The largest absolute Gasteiger partial charge is 0.382 e. The van der Waals surface area contributed by atoms with E-state index >= 15 is 0 Å². The van der Waals surface area contributed by atoms with Crippen molar-refractivity contribution in [3.8, 4) is 0 Å². The first kappa shape index (κ1) is 13.9. The molecule has 0 aromatic heterocycles. The zero-order valence-corrected chi connectivity index (χ0v) is 10.5. The summed E-state index contributed by atoms with van der Waals surface area (Å²) in [6.07, 6.45) is 3.91. The van der Waals surface area contributed by atoms with Gasteiger partial charge in [-0.3, -0.25) is 0 Å². The lowest BCUT2D eigenvalue weighted by molar-refractivity contribution is -0.0379. The van der Waals surface area contributed by atoms with Crippen LogP contribution in [0.1, 0.15) is 19.3 Å². The minimum atomic E-state index is 0.498. The van der Waals surface area contributed by atoms with E-state index in [1.165, 1.54) is 12.8 Å². The van der Waals surface area contributed by atoms with Gasteiger partial charge in [-0.1, -0.05) is 0 Å². The molecule has 4 heteroatoms. The molecule has 0 aromatic carbocycles. The Bertz CT molecular complexity index is 160. The summed E-state index contributed by atoms with van der Waals surface area (Å²) in [4.78, 5) is 0. The van der Waals surface area contributed by atoms with Crippen LogP contribution in [0.4, 0.5) is 0 Å². The fraction of sp³-hybridized carbons (Fsp3) is 1.00. The van der Waals surface area contributed by atoms with E-state index in [4.69, 9.17) is 14.2 Å². The fourth-order valence-electron chi connectivity index (χ4n) is 1.92. The maximum atomic E-state index is 5.72. The van der Waals surface area contributed by atoms with Crippen molar-refractivity contribution in [2.24, 2.45) is 5.92 Å². The molecule has 0 heterocycles. The Morgan fingerprint density at radius 2 is 1.94 bits per heavy atom. The third-order valence-corrected chi connectivity index (χ3v) is 2.90. The van der Waals surface area contributed by atoms with Gasteiger partial charge in [-0.2, -0.15) is 0 Å². The molecule has 1 rings (SSSR count). The Balaban J connectivity index is 1.76. The second-order valence-electron chi connectivity index (χ2n) is 4.35. The van der Waals surface area contributed by atoms with Crippen molar-refractivity contribution >= 4 is 0 Å². The Hall–Kier alpha value is -0.160. The number of hydrogen-bond acceptors (Lipinski definition) is 4. The van der Waals surface area contributed by atoms with Crippen LogP contribution in [0.3, 0.4) is 0 Å². The SMILES string of the molecule is CNCC1CC(OCCCOCCOC)C1. The van der Waals surface area contributed by atoms with Crippen LogP contribution in [-0.4, -0.2) is 53.2 Å². The summed E-state index contributed by atoms with van der Waals surface area (Å²) in [7, 11) is 3.69. The summed E-state index contributed by atoms with van der Waals surface area (Å²) >= 11 is 0. The average Bonchev–Trinajstić information content (AvgIpc) is 2.24. The summed E-state index contributed by atoms with van der Waals surface area (Å²) in [5.74, 6) is 0.827. The van der Waals surface area contributed by atoms with Gasteiger partial charge in [-0.15, -0.1) is 0 Å². The topological polar surface area (TPSA) is 39.7 Å². The molecule has 0 aliphatic heterocycles. The maximum Gasteiger partial charge on any atom is 0.0700 e. The van der Waals surface area contributed by atoms with Gasteiger partial charge in [-0.05, 0) is 38.8 Å². The lowest BCUT2D eigenvalue weighted by Crippen LogP contribution is -2.37. The van der Waals surface area contributed by atoms with Gasteiger partial charge in [0.1, 0.15) is 0 Å². The number of methoxy groups -OCH3 is 1. The average molecular weight is 231 g/mol. The molecule has 1 N–H and O–H groups in total. The summed E-state index contributed by atoms with van der Waals surface area (Å²) in [5, 5.41) is 3.20. The second-order valence-corrected chi connectivity index (χ2v) is 4.35. The van der Waals surface area contributed by atoms with Crippen molar-refractivity contribution in [2.45, 2.75) is 25.4 Å². The summed E-state index contributed by atoms with van der Waals surface area (Å²) < 4.78 is 16.0. The Kier molecular flexibility index (Phi) is 7.76. The van der Waals surface area contributed by atoms with Crippen molar-refractivity contribution in [2.75, 3.05) is 47.1 Å². The number of hydrogen-bond donors (Lipinski definition) is 1. The van der Waals surface area contributed by atoms with Crippen LogP contribution in [0.15, 0.2) is 0 Å². The van der Waals surface area contributed by atoms with Gasteiger partial charge in [0.15, 0.2) is 0 Å². The van der Waals surface area contributed by atoms with E-state index in [-0.39, 0.29) is 0 Å². The Morgan fingerprint density at radius 3 is 2.62 bits per heavy atom. The number of rotatable bonds is 10. The predicted octanol–water partition coefficient (Wildman–Crippen LogP) is 1.05. The van der Waals surface area contributed by atoms with Crippen molar-refractivity contribution in [3.63, 3.8) is 0 Å². The van der Waals surface area contributed by atoms with Crippen molar-refractivity contribution in [3.05, 3.63) is 0 Å². The highest BCUT2D eigenvalue weighted by Crippen LogP contribution is 2.29. The minimum absolute atomic E-state index is 0.498. The van der Waals surface area contributed by atoms with Crippen molar-refractivity contribution in [1.29, 1.82) is 0 Å². The predicted molar refractivity (Wildman–Crippen MR) is 63.7 cm³/mol. The summed E-state index contributed by atoms with van der Waals surface area (Å²) in [6.45, 7) is 4.08. The summed E-state index contributed by atoms with van der Waals surface area (Å²) in [5.41, 5.74) is 0. The molecule has 4 nitrogen and oxygen atoms in total. The smallest absolute Gasteiger partial charge is 0.0700 e. The first-order valence-corrected chi connectivity index (χ1v) is 6.19. The molecule has 0 unspecified atom stereocenters. The zero-order valence-electron chi connectivity index (χ0n) is 10.5. The third-order valence-electron chi connectivity index (χ3n) is 2.90. The van der Waals surface area contributed by atoms with Crippen LogP contribution in [0.2, 0.25) is 0 Å². The number of nitrogens with one attached hydrogen (secondary N) is 1. The van der Waals surface area contributed by atoms with Crippen LogP contribution in [0.5, 0.6) is 0 Å².